The monoisotopic (exact) mass is 414 g/mol. The van der Waals surface area contributed by atoms with Crippen LogP contribution in [0.2, 0.25) is 0 Å². The number of rotatable bonds is 8. The summed E-state index contributed by atoms with van der Waals surface area (Å²) in [6, 6.07) is 6.11. The van der Waals surface area contributed by atoms with Crippen molar-refractivity contribution in [2.45, 2.75) is 19.3 Å². The third kappa shape index (κ3) is 6.90. The van der Waals surface area contributed by atoms with E-state index >= 15 is 0 Å². The fraction of sp³-hybridized carbons (Fsp3) is 0.368. The number of pyridine rings is 1. The van der Waals surface area contributed by atoms with Gasteiger partial charge in [0.2, 0.25) is 5.88 Å². The van der Waals surface area contributed by atoms with Gasteiger partial charge in [-0.2, -0.15) is 13.2 Å². The first-order valence-electron chi connectivity index (χ1n) is 8.71. The van der Waals surface area contributed by atoms with Crippen LogP contribution in [-0.2, 0) is 24.0 Å². The average Bonchev–Trinajstić information content (AvgIpc) is 2.69. The molecule has 0 atom stereocenters. The van der Waals surface area contributed by atoms with Gasteiger partial charge < -0.3 is 20.1 Å². The highest BCUT2D eigenvalue weighted by Gasteiger charge is 2.33. The molecule has 6 nitrogen and oxygen atoms in total. The number of halogens is 4. The van der Waals surface area contributed by atoms with Crippen LogP contribution >= 0.6 is 0 Å². The predicted octanol–water partition coefficient (Wildman–Crippen LogP) is 3.13. The van der Waals surface area contributed by atoms with Crippen molar-refractivity contribution in [3.8, 4) is 5.88 Å². The Hall–Kier alpha value is -2.88. The van der Waals surface area contributed by atoms with Crippen molar-refractivity contribution in [3.05, 3.63) is 59.0 Å². The van der Waals surface area contributed by atoms with Gasteiger partial charge in [0.1, 0.15) is 12.4 Å². The summed E-state index contributed by atoms with van der Waals surface area (Å²) in [6.45, 7) is 0.842. The standard InChI is InChI=1S/C19H22F4N4O2/c1-24-18(26-11-13-5-6-15(20)10-16(13)19(21,22)23)27-12-14-4-3-7-25-17(14)29-9-8-28-2/h3-7,10H,8-9,11-12H2,1-2H3,(H2,24,26,27). The molecule has 0 radical (unpaired) electrons. The van der Waals surface area contributed by atoms with Gasteiger partial charge >= 0.3 is 6.18 Å². The Labute approximate surface area is 166 Å². The summed E-state index contributed by atoms with van der Waals surface area (Å²) in [7, 11) is 3.05. The predicted molar refractivity (Wildman–Crippen MR) is 100 cm³/mol. The summed E-state index contributed by atoms with van der Waals surface area (Å²) in [5.41, 5.74) is -0.377. The highest BCUT2D eigenvalue weighted by molar-refractivity contribution is 5.79. The molecule has 1 aromatic heterocycles. The first-order valence-corrected chi connectivity index (χ1v) is 8.71. The normalized spacial score (nSPS) is 12.0. The van der Waals surface area contributed by atoms with Gasteiger partial charge in [-0.1, -0.05) is 12.1 Å². The summed E-state index contributed by atoms with van der Waals surface area (Å²) in [6.07, 6.45) is -3.06. The maximum Gasteiger partial charge on any atom is 0.416 e. The van der Waals surface area contributed by atoms with Gasteiger partial charge in [0.25, 0.3) is 0 Å². The molecule has 0 spiro atoms. The van der Waals surface area contributed by atoms with Crippen LogP contribution in [0.3, 0.4) is 0 Å². The number of aromatic nitrogens is 1. The molecule has 0 saturated carbocycles. The molecule has 2 aromatic rings. The number of hydrogen-bond acceptors (Lipinski definition) is 4. The number of nitrogens with zero attached hydrogens (tertiary/aromatic N) is 2. The van der Waals surface area contributed by atoms with Crippen molar-refractivity contribution >= 4 is 5.96 Å². The highest BCUT2D eigenvalue weighted by Crippen LogP contribution is 2.32. The first kappa shape index (κ1) is 22.4. The molecule has 0 saturated heterocycles. The minimum atomic E-state index is -4.65. The Morgan fingerprint density at radius 1 is 1.10 bits per heavy atom. The van der Waals surface area contributed by atoms with E-state index in [2.05, 4.69) is 20.6 Å². The Balaban J connectivity index is 2.00. The zero-order valence-corrected chi connectivity index (χ0v) is 16.0. The zero-order valence-electron chi connectivity index (χ0n) is 16.0. The number of guanidine groups is 1. The fourth-order valence-electron chi connectivity index (χ4n) is 2.46. The lowest BCUT2D eigenvalue weighted by Crippen LogP contribution is -2.37. The maximum absolute atomic E-state index is 13.2. The molecule has 10 heteroatoms. The molecule has 0 aliphatic carbocycles. The SMILES string of the molecule is CN=C(NCc1ccc(F)cc1C(F)(F)F)NCc1cccnc1OCCOC. The summed E-state index contributed by atoms with van der Waals surface area (Å²) >= 11 is 0. The molecular formula is C19H22F4N4O2. The van der Waals surface area contributed by atoms with E-state index in [0.717, 1.165) is 17.7 Å². The molecule has 29 heavy (non-hydrogen) atoms. The van der Waals surface area contributed by atoms with E-state index in [1.807, 2.05) is 0 Å². The van der Waals surface area contributed by atoms with E-state index in [0.29, 0.717) is 25.2 Å². The van der Waals surface area contributed by atoms with Crippen molar-refractivity contribution in [1.82, 2.24) is 15.6 Å². The summed E-state index contributed by atoms with van der Waals surface area (Å²) in [5, 5.41) is 5.78. The number of alkyl halides is 3. The van der Waals surface area contributed by atoms with E-state index < -0.39 is 17.6 Å². The second-order valence-electron chi connectivity index (χ2n) is 5.89. The van der Waals surface area contributed by atoms with Crippen molar-refractivity contribution in [1.29, 1.82) is 0 Å². The molecule has 2 N–H and O–H groups in total. The van der Waals surface area contributed by atoms with Gasteiger partial charge in [0, 0.05) is 39.0 Å². The van der Waals surface area contributed by atoms with Gasteiger partial charge in [-0.15, -0.1) is 0 Å². The van der Waals surface area contributed by atoms with Gasteiger partial charge in [-0.05, 0) is 23.8 Å². The highest BCUT2D eigenvalue weighted by atomic mass is 19.4. The van der Waals surface area contributed by atoms with Gasteiger partial charge in [-0.25, -0.2) is 9.37 Å². The largest absolute Gasteiger partial charge is 0.475 e. The number of nitrogens with one attached hydrogen (secondary N) is 2. The van der Waals surface area contributed by atoms with Crippen LogP contribution in [0.15, 0.2) is 41.5 Å². The van der Waals surface area contributed by atoms with Crippen molar-refractivity contribution in [3.63, 3.8) is 0 Å². The van der Waals surface area contributed by atoms with E-state index in [9.17, 15) is 17.6 Å². The molecule has 2 rings (SSSR count). The van der Waals surface area contributed by atoms with Crippen LogP contribution in [0.1, 0.15) is 16.7 Å². The zero-order chi connectivity index (χ0) is 21.3. The lowest BCUT2D eigenvalue weighted by Gasteiger charge is -2.16. The second kappa shape index (κ2) is 10.6. The van der Waals surface area contributed by atoms with Crippen LogP contribution in [-0.4, -0.2) is 38.3 Å². The van der Waals surface area contributed by atoms with Crippen LogP contribution < -0.4 is 15.4 Å². The number of ether oxygens (including phenoxy) is 2. The smallest absolute Gasteiger partial charge is 0.416 e. The third-order valence-corrected chi connectivity index (χ3v) is 3.87. The minimum Gasteiger partial charge on any atom is -0.475 e. The molecule has 158 valence electrons. The molecule has 0 amide bonds. The van der Waals surface area contributed by atoms with E-state index in [1.54, 1.807) is 25.4 Å². The van der Waals surface area contributed by atoms with Gasteiger partial charge in [0.05, 0.1) is 12.2 Å². The lowest BCUT2D eigenvalue weighted by atomic mass is 10.1. The lowest BCUT2D eigenvalue weighted by molar-refractivity contribution is -0.138. The van der Waals surface area contributed by atoms with Crippen LogP contribution in [0.5, 0.6) is 5.88 Å². The molecule has 0 fully saturated rings. The molecule has 1 aromatic carbocycles. The minimum absolute atomic E-state index is 0.0909. The van der Waals surface area contributed by atoms with E-state index in [-0.39, 0.29) is 24.6 Å². The van der Waals surface area contributed by atoms with Crippen molar-refractivity contribution in [2.24, 2.45) is 4.99 Å². The Kier molecular flexibility index (Phi) is 8.20. The summed E-state index contributed by atoms with van der Waals surface area (Å²) < 4.78 is 63.0. The Morgan fingerprint density at radius 3 is 2.48 bits per heavy atom. The van der Waals surface area contributed by atoms with Crippen LogP contribution in [0.4, 0.5) is 17.6 Å². The second-order valence-corrected chi connectivity index (χ2v) is 5.89. The van der Waals surface area contributed by atoms with Crippen LogP contribution in [0.25, 0.3) is 0 Å². The third-order valence-electron chi connectivity index (χ3n) is 3.87. The molecule has 0 aliphatic rings. The molecular weight excluding hydrogens is 392 g/mol. The molecule has 0 aliphatic heterocycles. The van der Waals surface area contributed by atoms with E-state index in [4.69, 9.17) is 9.47 Å². The van der Waals surface area contributed by atoms with Crippen molar-refractivity contribution < 1.29 is 27.0 Å². The first-order chi connectivity index (χ1) is 13.8. The van der Waals surface area contributed by atoms with Gasteiger partial charge in [0.15, 0.2) is 5.96 Å². The summed E-state index contributed by atoms with van der Waals surface area (Å²) in [5.74, 6) is -0.249. The Morgan fingerprint density at radius 2 is 1.83 bits per heavy atom. The number of aliphatic imine (C=N–C) groups is 1. The fourth-order valence-corrected chi connectivity index (χ4v) is 2.46. The van der Waals surface area contributed by atoms with E-state index in [1.165, 1.54) is 7.05 Å². The number of hydrogen-bond donors (Lipinski definition) is 2. The average molecular weight is 414 g/mol. The molecule has 0 unspecified atom stereocenters. The summed E-state index contributed by atoms with van der Waals surface area (Å²) in [4.78, 5) is 8.15. The van der Waals surface area contributed by atoms with Crippen LogP contribution in [0, 0.1) is 5.82 Å². The Bertz CT molecular complexity index is 828. The molecule has 1 heterocycles. The van der Waals surface area contributed by atoms with Crippen molar-refractivity contribution in [2.75, 3.05) is 27.4 Å². The number of methoxy groups -OCH3 is 1. The van der Waals surface area contributed by atoms with Gasteiger partial charge in [-0.3, -0.25) is 4.99 Å². The number of benzene rings is 1. The topological polar surface area (TPSA) is 67.8 Å². The maximum atomic E-state index is 13.2. The quantitative estimate of drug-likeness (QED) is 0.301. The molecule has 0 bridgehead atoms.